The number of aliphatic hydroxyl groups excluding tert-OH is 1. The average molecular weight is 222 g/mol. The first-order chi connectivity index (χ1) is 7.03. The molecule has 0 atom stereocenters. The van der Waals surface area contributed by atoms with Gasteiger partial charge in [-0.15, -0.1) is 13.2 Å². The number of ether oxygens (including phenoxy) is 1. The molecule has 1 aromatic rings. The molecule has 0 radical (unpaired) electrons. The van der Waals surface area contributed by atoms with Crippen molar-refractivity contribution in [1.82, 2.24) is 0 Å². The van der Waals surface area contributed by atoms with Crippen molar-refractivity contribution in [2.75, 3.05) is 7.11 Å². The lowest BCUT2D eigenvalue weighted by atomic mass is 10.2. The fraction of sp³-hybridized carbons (Fsp3) is 0.222. The maximum atomic E-state index is 11.7. The first kappa shape index (κ1) is 13.4. The second kappa shape index (κ2) is 6.02. The lowest BCUT2D eigenvalue weighted by Crippen LogP contribution is -2.17. The molecule has 0 aromatic heterocycles. The second-order valence-corrected chi connectivity index (χ2v) is 2.20. The Morgan fingerprint density at radius 1 is 1.27 bits per heavy atom. The zero-order valence-corrected chi connectivity index (χ0v) is 7.78. The summed E-state index contributed by atoms with van der Waals surface area (Å²) in [5.74, 6) is -0.481. The summed E-state index contributed by atoms with van der Waals surface area (Å²) in [5, 5.41) is 7.00. The van der Waals surface area contributed by atoms with Crippen LogP contribution >= 0.6 is 0 Å². The van der Waals surface area contributed by atoms with Crippen molar-refractivity contribution in [2.24, 2.45) is 0 Å². The Morgan fingerprint density at radius 3 is 2.27 bits per heavy atom. The van der Waals surface area contributed by atoms with Crippen LogP contribution in [0.1, 0.15) is 10.4 Å². The van der Waals surface area contributed by atoms with Crippen LogP contribution in [0.2, 0.25) is 0 Å². The van der Waals surface area contributed by atoms with E-state index in [1.807, 2.05) is 0 Å². The summed E-state index contributed by atoms with van der Waals surface area (Å²) >= 11 is 0. The second-order valence-electron chi connectivity index (χ2n) is 2.20. The van der Waals surface area contributed by atoms with Gasteiger partial charge in [0.25, 0.3) is 0 Å². The zero-order valence-electron chi connectivity index (χ0n) is 7.78. The number of para-hydroxylation sites is 1. The summed E-state index contributed by atoms with van der Waals surface area (Å²) < 4.78 is 38.8. The molecule has 0 bridgehead atoms. The molecule has 0 aliphatic carbocycles. The summed E-state index contributed by atoms with van der Waals surface area (Å²) in [5.41, 5.74) is -0.125. The number of benzene rings is 1. The number of hydrogen-bond donors (Lipinski definition) is 1. The predicted molar refractivity (Wildman–Crippen MR) is 46.7 cm³/mol. The molecule has 3 nitrogen and oxygen atoms in total. The highest BCUT2D eigenvalue weighted by molar-refractivity contribution is 5.79. The van der Waals surface area contributed by atoms with Crippen LogP contribution in [0.15, 0.2) is 24.3 Å². The Labute approximate surface area is 84.1 Å². The Balaban J connectivity index is 0.000000921. The quantitative estimate of drug-likeness (QED) is 0.778. The minimum absolute atomic E-state index is 0.125. The number of alkyl halides is 3. The standard InChI is InChI=1S/C8H5F3O2.CH4O/c9-8(10,11)13-7-4-2-1-3-6(7)5-12;1-2/h1-5H;2H,1H3. The minimum Gasteiger partial charge on any atom is -0.405 e. The van der Waals surface area contributed by atoms with Crippen molar-refractivity contribution >= 4 is 6.29 Å². The maximum Gasteiger partial charge on any atom is 0.573 e. The highest BCUT2D eigenvalue weighted by Gasteiger charge is 2.31. The fourth-order valence-corrected chi connectivity index (χ4v) is 0.796. The van der Waals surface area contributed by atoms with Crippen LogP contribution < -0.4 is 4.74 Å². The smallest absolute Gasteiger partial charge is 0.405 e. The lowest BCUT2D eigenvalue weighted by Gasteiger charge is -2.09. The van der Waals surface area contributed by atoms with Gasteiger partial charge in [-0.05, 0) is 12.1 Å². The minimum atomic E-state index is -4.76. The summed E-state index contributed by atoms with van der Waals surface area (Å²) in [4.78, 5) is 10.3. The summed E-state index contributed by atoms with van der Waals surface area (Å²) in [6, 6.07) is 5.13. The monoisotopic (exact) mass is 222 g/mol. The third-order valence-electron chi connectivity index (χ3n) is 1.27. The van der Waals surface area contributed by atoms with Gasteiger partial charge in [0.2, 0.25) is 0 Å². The number of rotatable bonds is 2. The number of aldehydes is 1. The number of carbonyl (C=O) groups is 1. The van der Waals surface area contributed by atoms with Crippen LogP contribution in [0.3, 0.4) is 0 Å². The predicted octanol–water partition coefficient (Wildman–Crippen LogP) is 2.01. The topological polar surface area (TPSA) is 46.5 Å². The van der Waals surface area contributed by atoms with E-state index in [0.717, 1.165) is 13.2 Å². The fourth-order valence-electron chi connectivity index (χ4n) is 0.796. The average Bonchev–Trinajstić information content (AvgIpc) is 2.19. The molecule has 0 spiro atoms. The van der Waals surface area contributed by atoms with Gasteiger partial charge in [-0.25, -0.2) is 0 Å². The lowest BCUT2D eigenvalue weighted by molar-refractivity contribution is -0.274. The van der Waals surface area contributed by atoms with E-state index in [-0.39, 0.29) is 5.56 Å². The van der Waals surface area contributed by atoms with E-state index < -0.39 is 12.1 Å². The van der Waals surface area contributed by atoms with E-state index in [2.05, 4.69) is 4.74 Å². The van der Waals surface area contributed by atoms with E-state index in [9.17, 15) is 18.0 Å². The number of hydrogen-bond acceptors (Lipinski definition) is 3. The molecule has 0 amide bonds. The van der Waals surface area contributed by atoms with Gasteiger partial charge >= 0.3 is 6.36 Å². The largest absolute Gasteiger partial charge is 0.573 e. The van der Waals surface area contributed by atoms with Crippen LogP contribution in [-0.2, 0) is 0 Å². The van der Waals surface area contributed by atoms with Crippen LogP contribution in [0.4, 0.5) is 13.2 Å². The molecule has 6 heteroatoms. The molecular formula is C9H9F3O3. The van der Waals surface area contributed by atoms with E-state index in [1.165, 1.54) is 18.2 Å². The molecule has 0 aliphatic heterocycles. The molecule has 0 heterocycles. The van der Waals surface area contributed by atoms with Gasteiger partial charge in [0, 0.05) is 7.11 Å². The zero-order chi connectivity index (χ0) is 11.9. The maximum absolute atomic E-state index is 11.7. The van der Waals surface area contributed by atoms with Gasteiger partial charge in [-0.3, -0.25) is 4.79 Å². The highest BCUT2D eigenvalue weighted by atomic mass is 19.4. The van der Waals surface area contributed by atoms with E-state index in [0.29, 0.717) is 6.29 Å². The van der Waals surface area contributed by atoms with Gasteiger partial charge < -0.3 is 9.84 Å². The van der Waals surface area contributed by atoms with E-state index in [1.54, 1.807) is 0 Å². The summed E-state index contributed by atoms with van der Waals surface area (Å²) in [6.45, 7) is 0. The van der Waals surface area contributed by atoms with E-state index in [4.69, 9.17) is 5.11 Å². The molecule has 0 saturated heterocycles. The molecule has 0 aliphatic rings. The molecule has 0 saturated carbocycles. The van der Waals surface area contributed by atoms with Crippen molar-refractivity contribution in [3.05, 3.63) is 29.8 Å². The summed E-state index contributed by atoms with van der Waals surface area (Å²) in [7, 11) is 1.00. The van der Waals surface area contributed by atoms with Crippen molar-refractivity contribution in [3.63, 3.8) is 0 Å². The van der Waals surface area contributed by atoms with E-state index >= 15 is 0 Å². The number of aliphatic hydroxyl groups is 1. The van der Waals surface area contributed by atoms with Crippen molar-refractivity contribution < 1.29 is 27.8 Å². The third-order valence-corrected chi connectivity index (χ3v) is 1.27. The molecule has 84 valence electrons. The number of halogens is 3. The Morgan fingerprint density at radius 2 is 1.80 bits per heavy atom. The summed E-state index contributed by atoms with van der Waals surface area (Å²) in [6.07, 6.45) is -4.46. The molecule has 0 fully saturated rings. The van der Waals surface area contributed by atoms with Gasteiger partial charge in [-0.1, -0.05) is 12.1 Å². The van der Waals surface area contributed by atoms with Crippen molar-refractivity contribution in [3.8, 4) is 5.75 Å². The highest BCUT2D eigenvalue weighted by Crippen LogP contribution is 2.24. The van der Waals surface area contributed by atoms with Gasteiger partial charge in [0.15, 0.2) is 6.29 Å². The van der Waals surface area contributed by atoms with Crippen molar-refractivity contribution in [1.29, 1.82) is 0 Å². The molecule has 15 heavy (non-hydrogen) atoms. The Kier molecular flexibility index (Phi) is 5.40. The van der Waals surface area contributed by atoms with Crippen molar-refractivity contribution in [2.45, 2.75) is 6.36 Å². The van der Waals surface area contributed by atoms with Gasteiger partial charge in [0.1, 0.15) is 5.75 Å². The molecule has 1 N–H and O–H groups in total. The van der Waals surface area contributed by atoms with Crippen LogP contribution in [-0.4, -0.2) is 24.9 Å². The Bertz CT molecular complexity index is 310. The van der Waals surface area contributed by atoms with Gasteiger partial charge in [-0.2, -0.15) is 0 Å². The third kappa shape index (κ3) is 5.02. The molecule has 1 aromatic carbocycles. The molecule has 1 rings (SSSR count). The van der Waals surface area contributed by atoms with Crippen LogP contribution in [0.5, 0.6) is 5.75 Å². The Hall–Kier alpha value is -1.56. The molecular weight excluding hydrogens is 213 g/mol. The first-order valence-electron chi connectivity index (χ1n) is 3.77. The van der Waals surface area contributed by atoms with Crippen LogP contribution in [0, 0.1) is 0 Å². The number of carbonyl (C=O) groups excluding carboxylic acids is 1. The first-order valence-corrected chi connectivity index (χ1v) is 3.77. The normalized spacial score (nSPS) is 9.93. The van der Waals surface area contributed by atoms with Gasteiger partial charge in [0.05, 0.1) is 5.56 Å². The van der Waals surface area contributed by atoms with Crippen LogP contribution in [0.25, 0.3) is 0 Å². The SMILES string of the molecule is CO.O=Cc1ccccc1OC(F)(F)F. The molecule has 0 unspecified atom stereocenters.